The number of phenolic OH excluding ortho intramolecular Hbond substituents is 1. The van der Waals surface area contributed by atoms with Crippen molar-refractivity contribution in [2.24, 2.45) is 0 Å². The van der Waals surface area contributed by atoms with E-state index in [1.165, 1.54) is 25.0 Å². The van der Waals surface area contributed by atoms with Crippen LogP contribution in [0.4, 0.5) is 0 Å². The van der Waals surface area contributed by atoms with Crippen LogP contribution in [0.3, 0.4) is 0 Å². The van der Waals surface area contributed by atoms with Crippen LogP contribution >= 0.6 is 11.6 Å². The van der Waals surface area contributed by atoms with Gasteiger partial charge in [-0.15, -0.1) is 0 Å². The van der Waals surface area contributed by atoms with E-state index in [0.29, 0.717) is 28.5 Å². The SMILES string of the molecule is CCCCCCOc1ccc(-c2nc(-c3cc(Cl)ccc3O)cc(=O)o2)cc1. The van der Waals surface area contributed by atoms with E-state index in [9.17, 15) is 9.90 Å². The van der Waals surface area contributed by atoms with Crippen molar-refractivity contribution in [2.45, 2.75) is 32.6 Å². The lowest BCUT2D eigenvalue weighted by molar-refractivity contribution is 0.305. The number of ether oxygens (including phenoxy) is 1. The van der Waals surface area contributed by atoms with Gasteiger partial charge in [-0.05, 0) is 48.9 Å². The summed E-state index contributed by atoms with van der Waals surface area (Å²) in [5.41, 5.74) is 0.741. The Bertz CT molecular complexity index is 983. The molecule has 3 rings (SSSR count). The summed E-state index contributed by atoms with van der Waals surface area (Å²) in [7, 11) is 0. The third-order valence-electron chi connectivity index (χ3n) is 4.28. The standard InChI is InChI=1S/C22H22ClNO4/c1-2-3-4-5-12-27-17-9-6-15(7-10-17)22-24-19(14-21(26)28-22)18-13-16(23)8-11-20(18)25/h6-11,13-14,25H,2-5,12H2,1H3. The van der Waals surface area contributed by atoms with Crippen molar-refractivity contribution in [1.82, 2.24) is 4.98 Å². The van der Waals surface area contributed by atoms with Gasteiger partial charge in [0, 0.05) is 16.1 Å². The normalized spacial score (nSPS) is 10.8. The largest absolute Gasteiger partial charge is 0.507 e. The smallest absolute Gasteiger partial charge is 0.339 e. The van der Waals surface area contributed by atoms with E-state index in [2.05, 4.69) is 11.9 Å². The van der Waals surface area contributed by atoms with Crippen molar-refractivity contribution in [3.05, 3.63) is 64.0 Å². The molecule has 0 saturated heterocycles. The average molecular weight is 400 g/mol. The molecule has 1 N–H and O–H groups in total. The number of aromatic hydroxyl groups is 1. The van der Waals surface area contributed by atoms with Crippen LogP contribution < -0.4 is 10.4 Å². The first-order valence-corrected chi connectivity index (χ1v) is 9.69. The highest BCUT2D eigenvalue weighted by atomic mass is 35.5. The summed E-state index contributed by atoms with van der Waals surface area (Å²) < 4.78 is 11.0. The fourth-order valence-electron chi connectivity index (χ4n) is 2.79. The minimum Gasteiger partial charge on any atom is -0.507 e. The van der Waals surface area contributed by atoms with E-state index < -0.39 is 5.63 Å². The summed E-state index contributed by atoms with van der Waals surface area (Å²) in [5, 5.41) is 10.5. The van der Waals surface area contributed by atoms with E-state index in [1.54, 1.807) is 24.3 Å². The average Bonchev–Trinajstić information content (AvgIpc) is 2.69. The molecule has 0 aliphatic heterocycles. The molecule has 5 nitrogen and oxygen atoms in total. The number of hydrogen-bond donors (Lipinski definition) is 1. The third-order valence-corrected chi connectivity index (χ3v) is 4.51. The van der Waals surface area contributed by atoms with Gasteiger partial charge in [0.25, 0.3) is 0 Å². The Kier molecular flexibility index (Phi) is 6.71. The van der Waals surface area contributed by atoms with Gasteiger partial charge in [0.15, 0.2) is 0 Å². The second kappa shape index (κ2) is 9.42. The van der Waals surface area contributed by atoms with Crippen LogP contribution in [0.25, 0.3) is 22.7 Å². The molecule has 1 aromatic heterocycles. The van der Waals surface area contributed by atoms with Gasteiger partial charge in [0.1, 0.15) is 11.5 Å². The number of aromatic nitrogens is 1. The molecule has 0 fully saturated rings. The number of phenols is 1. The molecule has 3 aromatic rings. The van der Waals surface area contributed by atoms with Gasteiger partial charge in [-0.2, -0.15) is 0 Å². The number of hydrogen-bond acceptors (Lipinski definition) is 5. The van der Waals surface area contributed by atoms with E-state index >= 15 is 0 Å². The zero-order chi connectivity index (χ0) is 19.9. The van der Waals surface area contributed by atoms with E-state index in [0.717, 1.165) is 18.6 Å². The molecule has 0 radical (unpaired) electrons. The maximum atomic E-state index is 12.0. The molecular weight excluding hydrogens is 378 g/mol. The van der Waals surface area contributed by atoms with E-state index in [1.807, 2.05) is 12.1 Å². The molecule has 0 spiro atoms. The van der Waals surface area contributed by atoms with Gasteiger partial charge in [-0.1, -0.05) is 37.8 Å². The Balaban J connectivity index is 1.79. The van der Waals surface area contributed by atoms with Gasteiger partial charge in [-0.3, -0.25) is 0 Å². The Morgan fingerprint density at radius 3 is 2.61 bits per heavy atom. The second-order valence-electron chi connectivity index (χ2n) is 6.46. The number of halogens is 1. The minimum atomic E-state index is -0.560. The Morgan fingerprint density at radius 2 is 1.86 bits per heavy atom. The monoisotopic (exact) mass is 399 g/mol. The Hall–Kier alpha value is -2.79. The van der Waals surface area contributed by atoms with Crippen LogP contribution in [0, 0.1) is 0 Å². The van der Waals surface area contributed by atoms with Gasteiger partial charge < -0.3 is 14.3 Å². The van der Waals surface area contributed by atoms with Crippen molar-refractivity contribution in [3.8, 4) is 34.2 Å². The molecule has 1 heterocycles. The topological polar surface area (TPSA) is 72.6 Å². The van der Waals surface area contributed by atoms with Crippen LogP contribution in [0.2, 0.25) is 5.02 Å². The quantitative estimate of drug-likeness (QED) is 0.493. The summed E-state index contributed by atoms with van der Waals surface area (Å²) >= 11 is 6.00. The first-order chi connectivity index (χ1) is 13.6. The molecule has 0 unspecified atom stereocenters. The van der Waals surface area contributed by atoms with Crippen molar-refractivity contribution < 1.29 is 14.3 Å². The molecule has 28 heavy (non-hydrogen) atoms. The summed E-state index contributed by atoms with van der Waals surface area (Å²) in [5.74, 6) is 0.905. The summed E-state index contributed by atoms with van der Waals surface area (Å²) in [6.45, 7) is 2.85. The van der Waals surface area contributed by atoms with Gasteiger partial charge >= 0.3 is 5.63 Å². The molecule has 0 amide bonds. The van der Waals surface area contributed by atoms with E-state index in [4.69, 9.17) is 20.8 Å². The van der Waals surface area contributed by atoms with E-state index in [-0.39, 0.29) is 11.6 Å². The molecule has 0 atom stereocenters. The van der Waals surface area contributed by atoms with Crippen molar-refractivity contribution in [2.75, 3.05) is 6.61 Å². The van der Waals surface area contributed by atoms with Crippen molar-refractivity contribution in [1.29, 1.82) is 0 Å². The maximum Gasteiger partial charge on any atom is 0.339 e. The highest BCUT2D eigenvalue weighted by Crippen LogP contribution is 2.31. The number of nitrogens with zero attached hydrogens (tertiary/aromatic N) is 1. The molecule has 2 aromatic carbocycles. The highest BCUT2D eigenvalue weighted by Gasteiger charge is 2.12. The Labute approximate surface area is 168 Å². The van der Waals surface area contributed by atoms with Gasteiger partial charge in [0.05, 0.1) is 18.4 Å². The van der Waals surface area contributed by atoms with Crippen molar-refractivity contribution in [3.63, 3.8) is 0 Å². The first kappa shape index (κ1) is 20.0. The van der Waals surface area contributed by atoms with Crippen LogP contribution in [-0.2, 0) is 0 Å². The summed E-state index contributed by atoms with van der Waals surface area (Å²) in [6, 6.07) is 13.0. The zero-order valence-electron chi connectivity index (χ0n) is 15.7. The lowest BCUT2D eigenvalue weighted by Crippen LogP contribution is -2.02. The Morgan fingerprint density at radius 1 is 1.07 bits per heavy atom. The van der Waals surface area contributed by atoms with Crippen LogP contribution in [0.1, 0.15) is 32.6 Å². The predicted octanol–water partition coefficient (Wildman–Crippen LogP) is 5.69. The van der Waals surface area contributed by atoms with Gasteiger partial charge in [-0.25, -0.2) is 9.78 Å². The molecule has 6 heteroatoms. The number of rotatable bonds is 8. The van der Waals surface area contributed by atoms with Crippen LogP contribution in [-0.4, -0.2) is 16.7 Å². The third kappa shape index (κ3) is 5.14. The maximum absolute atomic E-state index is 12.0. The molecule has 0 aliphatic rings. The highest BCUT2D eigenvalue weighted by molar-refractivity contribution is 6.30. The minimum absolute atomic E-state index is 0.0136. The second-order valence-corrected chi connectivity index (χ2v) is 6.90. The molecule has 0 bridgehead atoms. The predicted molar refractivity (Wildman–Crippen MR) is 110 cm³/mol. The summed E-state index contributed by atoms with van der Waals surface area (Å²) in [6.07, 6.45) is 4.59. The zero-order valence-corrected chi connectivity index (χ0v) is 16.4. The molecular formula is C22H22ClNO4. The van der Waals surface area contributed by atoms with Crippen LogP contribution in [0.5, 0.6) is 11.5 Å². The molecule has 146 valence electrons. The molecule has 0 saturated carbocycles. The fourth-order valence-corrected chi connectivity index (χ4v) is 2.96. The van der Waals surface area contributed by atoms with Crippen LogP contribution in [0.15, 0.2) is 57.7 Å². The van der Waals surface area contributed by atoms with Crippen molar-refractivity contribution >= 4 is 11.6 Å². The lowest BCUT2D eigenvalue weighted by Gasteiger charge is -2.08. The molecule has 0 aliphatic carbocycles. The van der Waals surface area contributed by atoms with Gasteiger partial charge in [0.2, 0.25) is 5.89 Å². The summed E-state index contributed by atoms with van der Waals surface area (Å²) in [4.78, 5) is 16.4. The number of benzene rings is 2. The number of unbranched alkanes of at least 4 members (excludes halogenated alkanes) is 3. The fraction of sp³-hybridized carbons (Fsp3) is 0.273. The lowest BCUT2D eigenvalue weighted by atomic mass is 10.1. The first-order valence-electron chi connectivity index (χ1n) is 9.31.